The van der Waals surface area contributed by atoms with Gasteiger partial charge in [-0.25, -0.2) is 9.97 Å². The number of aromatic nitrogens is 4. The topological polar surface area (TPSA) is 52.3 Å². The van der Waals surface area contributed by atoms with Crippen molar-refractivity contribution >= 4 is 28.2 Å². The van der Waals surface area contributed by atoms with Crippen molar-refractivity contribution in [1.82, 2.24) is 19.6 Å². The molecular weight excluding hydrogens is 312 g/mol. The van der Waals surface area contributed by atoms with Gasteiger partial charge in [-0.3, -0.25) is 0 Å². The number of ether oxygens (including phenoxy) is 1. The summed E-state index contributed by atoms with van der Waals surface area (Å²) in [5.74, 6) is 1.34. The zero-order chi connectivity index (χ0) is 16.0. The van der Waals surface area contributed by atoms with Gasteiger partial charge >= 0.3 is 0 Å². The first kappa shape index (κ1) is 14.0. The van der Waals surface area contributed by atoms with Crippen LogP contribution in [0.1, 0.15) is 5.56 Å². The second-order valence-corrected chi connectivity index (χ2v) is 5.64. The van der Waals surface area contributed by atoms with Gasteiger partial charge in [0, 0.05) is 10.9 Å². The highest BCUT2D eigenvalue weighted by Crippen LogP contribution is 2.26. The fraction of sp³-hybridized carbons (Fsp3) is 0.118. The molecule has 0 bridgehead atoms. The van der Waals surface area contributed by atoms with Gasteiger partial charge in [-0.1, -0.05) is 18.2 Å². The van der Waals surface area contributed by atoms with E-state index in [1.165, 1.54) is 0 Å². The van der Waals surface area contributed by atoms with Crippen LogP contribution in [0.15, 0.2) is 42.5 Å². The Morgan fingerprint density at radius 1 is 1.09 bits per heavy atom. The number of fused-ring (bicyclic) bond motifs is 3. The number of nitrogens with zero attached hydrogens (tertiary/aromatic N) is 4. The first-order valence-electron chi connectivity index (χ1n) is 7.13. The highest BCUT2D eigenvalue weighted by atomic mass is 35.5. The average molecular weight is 325 g/mol. The van der Waals surface area contributed by atoms with Gasteiger partial charge < -0.3 is 4.74 Å². The lowest BCUT2D eigenvalue weighted by Gasteiger charge is -2.01. The van der Waals surface area contributed by atoms with Crippen LogP contribution in [-0.4, -0.2) is 26.7 Å². The molecule has 114 valence electrons. The van der Waals surface area contributed by atoms with Crippen molar-refractivity contribution in [1.29, 1.82) is 0 Å². The van der Waals surface area contributed by atoms with Crippen molar-refractivity contribution < 1.29 is 4.74 Å². The summed E-state index contributed by atoms with van der Waals surface area (Å²) < 4.78 is 6.82. The van der Waals surface area contributed by atoms with E-state index < -0.39 is 0 Å². The fourth-order valence-corrected chi connectivity index (χ4v) is 2.78. The third kappa shape index (κ3) is 2.29. The molecule has 0 saturated carbocycles. The molecule has 5 nitrogen and oxygen atoms in total. The molecule has 2 aromatic heterocycles. The van der Waals surface area contributed by atoms with Crippen LogP contribution in [0.4, 0.5) is 0 Å². The summed E-state index contributed by atoms with van der Waals surface area (Å²) in [6, 6.07) is 13.6. The van der Waals surface area contributed by atoms with Crippen LogP contribution in [0, 0.1) is 6.92 Å². The molecule has 0 aliphatic heterocycles. The Bertz CT molecular complexity index is 1040. The van der Waals surface area contributed by atoms with Crippen molar-refractivity contribution in [3.8, 4) is 17.1 Å². The fourth-order valence-electron chi connectivity index (χ4n) is 2.57. The molecule has 6 heteroatoms. The maximum absolute atomic E-state index is 6.27. The van der Waals surface area contributed by atoms with Crippen LogP contribution < -0.4 is 4.74 Å². The highest BCUT2D eigenvalue weighted by molar-refractivity contribution is 6.29. The van der Waals surface area contributed by atoms with Gasteiger partial charge in [-0.15, -0.1) is 5.10 Å². The SMILES string of the molecule is COc1cccc(-c2nc3c4ccc(C)cc4nc(Cl)n3n2)c1. The predicted molar refractivity (Wildman–Crippen MR) is 90.0 cm³/mol. The molecule has 0 fully saturated rings. The average Bonchev–Trinajstić information content (AvgIpc) is 3.01. The summed E-state index contributed by atoms with van der Waals surface area (Å²) >= 11 is 6.27. The van der Waals surface area contributed by atoms with E-state index >= 15 is 0 Å². The van der Waals surface area contributed by atoms with Crippen LogP contribution in [0.5, 0.6) is 5.75 Å². The maximum Gasteiger partial charge on any atom is 0.226 e. The molecule has 0 radical (unpaired) electrons. The van der Waals surface area contributed by atoms with E-state index in [-0.39, 0.29) is 0 Å². The van der Waals surface area contributed by atoms with E-state index in [1.807, 2.05) is 49.4 Å². The molecule has 0 N–H and O–H groups in total. The summed E-state index contributed by atoms with van der Waals surface area (Å²) in [5.41, 5.74) is 3.49. The van der Waals surface area contributed by atoms with E-state index in [1.54, 1.807) is 11.6 Å². The number of rotatable bonds is 2. The molecule has 0 unspecified atom stereocenters. The molecular formula is C17H13ClN4O. The Hall–Kier alpha value is -2.66. The van der Waals surface area contributed by atoms with Crippen molar-refractivity contribution in [2.45, 2.75) is 6.92 Å². The Balaban J connectivity index is 2.00. The normalized spacial score (nSPS) is 11.3. The second kappa shape index (κ2) is 5.21. The third-order valence-corrected chi connectivity index (χ3v) is 3.96. The Morgan fingerprint density at radius 2 is 1.96 bits per heavy atom. The molecule has 0 atom stereocenters. The minimum absolute atomic E-state index is 0.291. The predicted octanol–water partition coefficient (Wildman–Crippen LogP) is 3.91. The minimum atomic E-state index is 0.291. The zero-order valence-electron chi connectivity index (χ0n) is 12.6. The monoisotopic (exact) mass is 324 g/mol. The summed E-state index contributed by atoms with van der Waals surface area (Å²) in [6.07, 6.45) is 0. The summed E-state index contributed by atoms with van der Waals surface area (Å²) in [5, 5.41) is 5.70. The number of hydrogen-bond acceptors (Lipinski definition) is 4. The van der Waals surface area contributed by atoms with Crippen molar-refractivity contribution in [2.24, 2.45) is 0 Å². The van der Waals surface area contributed by atoms with Gasteiger partial charge in [0.1, 0.15) is 5.75 Å². The molecule has 2 heterocycles. The van der Waals surface area contributed by atoms with Crippen LogP contribution in [0.25, 0.3) is 27.9 Å². The smallest absolute Gasteiger partial charge is 0.226 e. The quantitative estimate of drug-likeness (QED) is 0.524. The summed E-state index contributed by atoms with van der Waals surface area (Å²) in [4.78, 5) is 9.06. The van der Waals surface area contributed by atoms with E-state index in [9.17, 15) is 0 Å². The van der Waals surface area contributed by atoms with Gasteiger partial charge in [0.05, 0.1) is 12.6 Å². The molecule has 0 saturated heterocycles. The number of benzene rings is 2. The molecule has 0 spiro atoms. The second-order valence-electron chi connectivity index (χ2n) is 5.30. The van der Waals surface area contributed by atoms with Gasteiger partial charge in [-0.05, 0) is 48.4 Å². The van der Waals surface area contributed by atoms with Crippen LogP contribution in [0.2, 0.25) is 5.28 Å². The number of hydrogen-bond donors (Lipinski definition) is 0. The number of halogens is 1. The maximum atomic E-state index is 6.27. The van der Waals surface area contributed by atoms with Crippen LogP contribution in [-0.2, 0) is 0 Å². The van der Waals surface area contributed by atoms with E-state index in [0.29, 0.717) is 16.8 Å². The highest BCUT2D eigenvalue weighted by Gasteiger charge is 2.13. The van der Waals surface area contributed by atoms with Crippen LogP contribution in [0.3, 0.4) is 0 Å². The molecule has 23 heavy (non-hydrogen) atoms. The van der Waals surface area contributed by atoms with Crippen molar-refractivity contribution in [2.75, 3.05) is 7.11 Å². The Morgan fingerprint density at radius 3 is 2.78 bits per heavy atom. The first-order valence-corrected chi connectivity index (χ1v) is 7.50. The molecule has 0 amide bonds. The zero-order valence-corrected chi connectivity index (χ0v) is 13.4. The molecule has 0 aliphatic carbocycles. The van der Waals surface area contributed by atoms with Crippen LogP contribution >= 0.6 is 11.6 Å². The first-order chi connectivity index (χ1) is 11.2. The lowest BCUT2D eigenvalue weighted by Crippen LogP contribution is -1.95. The molecule has 4 rings (SSSR count). The number of methoxy groups -OCH3 is 1. The van der Waals surface area contributed by atoms with E-state index in [4.69, 9.17) is 16.3 Å². The lowest BCUT2D eigenvalue weighted by molar-refractivity contribution is 0.415. The standard InChI is InChI=1S/C17H13ClN4O/c1-10-6-7-13-14(8-10)19-17(18)22-16(13)20-15(21-22)11-4-3-5-12(9-11)23-2/h3-9H,1-2H3. The lowest BCUT2D eigenvalue weighted by atomic mass is 10.2. The van der Waals surface area contributed by atoms with Gasteiger partial charge in [0.2, 0.25) is 5.28 Å². The van der Waals surface area contributed by atoms with E-state index in [0.717, 1.165) is 27.8 Å². The van der Waals surface area contributed by atoms with Gasteiger partial charge in [0.15, 0.2) is 11.5 Å². The molecule has 2 aromatic carbocycles. The largest absolute Gasteiger partial charge is 0.497 e. The van der Waals surface area contributed by atoms with Crippen molar-refractivity contribution in [3.05, 3.63) is 53.3 Å². The Kier molecular flexibility index (Phi) is 3.16. The van der Waals surface area contributed by atoms with Crippen molar-refractivity contribution in [3.63, 3.8) is 0 Å². The molecule has 4 aromatic rings. The molecule has 0 aliphatic rings. The van der Waals surface area contributed by atoms with Gasteiger partial charge in [0.25, 0.3) is 0 Å². The third-order valence-electron chi connectivity index (χ3n) is 3.72. The van der Waals surface area contributed by atoms with E-state index in [2.05, 4.69) is 15.1 Å². The minimum Gasteiger partial charge on any atom is -0.497 e. The Labute approximate surface area is 137 Å². The summed E-state index contributed by atoms with van der Waals surface area (Å²) in [7, 11) is 1.63. The number of aryl methyl sites for hydroxylation is 1. The summed E-state index contributed by atoms with van der Waals surface area (Å²) in [6.45, 7) is 2.02. The van der Waals surface area contributed by atoms with Gasteiger partial charge in [-0.2, -0.15) is 4.52 Å².